The monoisotopic (exact) mass is 373 g/mol. The van der Waals surface area contributed by atoms with Gasteiger partial charge in [-0.25, -0.2) is 0 Å². The largest absolute Gasteiger partial charge is 0.475 e. The third-order valence-corrected chi connectivity index (χ3v) is 4.10. The van der Waals surface area contributed by atoms with Crippen LogP contribution in [-0.2, 0) is 4.79 Å². The number of hydrogen-bond donors (Lipinski definition) is 1. The third kappa shape index (κ3) is 3.99. The summed E-state index contributed by atoms with van der Waals surface area (Å²) in [6, 6.07) is 14.7. The Morgan fingerprint density at radius 2 is 1.96 bits per heavy atom. The van der Waals surface area contributed by atoms with Crippen LogP contribution in [-0.4, -0.2) is 18.2 Å². The molecule has 0 heterocycles. The number of nitrogens with one attached hydrogen (secondary N) is 1. The minimum Gasteiger partial charge on any atom is -0.475 e. The molecule has 1 amide bonds. The summed E-state index contributed by atoms with van der Waals surface area (Å²) in [6.07, 6.45) is 1.95. The van der Waals surface area contributed by atoms with Gasteiger partial charge in [-0.05, 0) is 31.0 Å². The van der Waals surface area contributed by atoms with Crippen molar-refractivity contribution in [2.75, 3.05) is 0 Å². The fourth-order valence-corrected chi connectivity index (χ4v) is 2.63. The van der Waals surface area contributed by atoms with Gasteiger partial charge in [0.15, 0.2) is 6.29 Å². The van der Waals surface area contributed by atoms with E-state index in [0.717, 1.165) is 29.2 Å². The smallest absolute Gasteiger partial charge is 0.266 e. The molecule has 2 aromatic rings. The highest BCUT2D eigenvalue weighted by Crippen LogP contribution is 2.28. The minimum atomic E-state index is -0.781. The number of carbonyl (C=O) groups excluding carboxylic acids is 2. The minimum absolute atomic E-state index is 0.182. The number of benzene rings is 2. The lowest BCUT2D eigenvalue weighted by molar-refractivity contribution is -0.128. The van der Waals surface area contributed by atoms with Gasteiger partial charge < -0.3 is 10.1 Å². The molecule has 1 N–H and O–H groups in total. The van der Waals surface area contributed by atoms with Gasteiger partial charge >= 0.3 is 0 Å². The van der Waals surface area contributed by atoms with Crippen LogP contribution in [0.2, 0.25) is 0 Å². The molecule has 0 unspecified atom stereocenters. The van der Waals surface area contributed by atoms with Crippen LogP contribution in [0.15, 0.2) is 53.0 Å². The predicted molar refractivity (Wildman–Crippen MR) is 90.5 cm³/mol. The van der Waals surface area contributed by atoms with E-state index in [1.54, 1.807) is 18.2 Å². The maximum absolute atomic E-state index is 12.5. The molecule has 0 radical (unpaired) electrons. The van der Waals surface area contributed by atoms with Gasteiger partial charge in [-0.15, -0.1) is 0 Å². The highest BCUT2D eigenvalue weighted by atomic mass is 79.9. The number of hydrogen-bond acceptors (Lipinski definition) is 3. The van der Waals surface area contributed by atoms with Crippen molar-refractivity contribution in [1.29, 1.82) is 0 Å². The van der Waals surface area contributed by atoms with Crippen molar-refractivity contribution in [3.05, 3.63) is 64.1 Å². The van der Waals surface area contributed by atoms with Crippen molar-refractivity contribution in [2.24, 2.45) is 0 Å². The Bertz CT molecular complexity index is 713. The quantitative estimate of drug-likeness (QED) is 0.786. The molecule has 1 atom stereocenters. The van der Waals surface area contributed by atoms with Crippen molar-refractivity contribution in [3.63, 3.8) is 0 Å². The highest BCUT2D eigenvalue weighted by Gasteiger charge is 2.30. The first-order chi connectivity index (χ1) is 11.2. The molecule has 4 nitrogen and oxygen atoms in total. The zero-order valence-corrected chi connectivity index (χ0v) is 14.0. The normalized spacial score (nSPS) is 14.8. The molecule has 1 fully saturated rings. The molecule has 0 aliphatic heterocycles. The Labute approximate surface area is 143 Å². The second-order valence-corrected chi connectivity index (χ2v) is 6.41. The first-order valence-corrected chi connectivity index (χ1v) is 8.23. The first kappa shape index (κ1) is 15.7. The van der Waals surface area contributed by atoms with Crippen molar-refractivity contribution >= 4 is 28.1 Å². The molecule has 2 aromatic carbocycles. The average Bonchev–Trinajstić information content (AvgIpc) is 3.38. The van der Waals surface area contributed by atoms with Crippen LogP contribution in [0.25, 0.3) is 0 Å². The topological polar surface area (TPSA) is 55.4 Å². The summed E-state index contributed by atoms with van der Waals surface area (Å²) in [6.45, 7) is 0. The van der Waals surface area contributed by atoms with Gasteiger partial charge in [0.2, 0.25) is 6.10 Å². The molecule has 5 heteroatoms. The molecule has 118 valence electrons. The molecule has 3 rings (SSSR count). The SMILES string of the molecule is O=Cc1cc(Br)ccc1O[C@@H](C(=O)NC1CC1)c1ccccc1. The van der Waals surface area contributed by atoms with Crippen molar-refractivity contribution in [1.82, 2.24) is 5.32 Å². The van der Waals surface area contributed by atoms with Crippen molar-refractivity contribution in [3.8, 4) is 5.75 Å². The molecular weight excluding hydrogens is 358 g/mol. The van der Waals surface area contributed by atoms with Gasteiger partial charge in [-0.2, -0.15) is 0 Å². The van der Waals surface area contributed by atoms with E-state index in [1.807, 2.05) is 30.3 Å². The van der Waals surface area contributed by atoms with E-state index < -0.39 is 6.10 Å². The van der Waals surface area contributed by atoms with Crippen LogP contribution >= 0.6 is 15.9 Å². The van der Waals surface area contributed by atoms with Gasteiger partial charge in [0.05, 0.1) is 5.56 Å². The molecule has 0 bridgehead atoms. The van der Waals surface area contributed by atoms with E-state index in [2.05, 4.69) is 21.2 Å². The number of aldehydes is 1. The van der Waals surface area contributed by atoms with Gasteiger partial charge in [-0.3, -0.25) is 9.59 Å². The first-order valence-electron chi connectivity index (χ1n) is 7.44. The number of amides is 1. The second-order valence-electron chi connectivity index (χ2n) is 5.49. The standard InChI is InChI=1S/C18H16BrNO3/c19-14-6-9-16(13(10-14)11-21)23-17(12-4-2-1-3-5-12)18(22)20-15-7-8-15/h1-6,9-11,15,17H,7-8H2,(H,20,22)/t17-/m1/s1. The summed E-state index contributed by atoms with van der Waals surface area (Å²) in [5.41, 5.74) is 1.16. The van der Waals surface area contributed by atoms with Crippen molar-refractivity contribution in [2.45, 2.75) is 25.0 Å². The van der Waals surface area contributed by atoms with Crippen LogP contribution in [0.4, 0.5) is 0 Å². The molecule has 23 heavy (non-hydrogen) atoms. The zero-order valence-electron chi connectivity index (χ0n) is 12.4. The van der Waals surface area contributed by atoms with Crippen LogP contribution in [0, 0.1) is 0 Å². The molecule has 1 aliphatic carbocycles. The Kier molecular flexibility index (Phi) is 4.76. The van der Waals surface area contributed by atoms with Crippen molar-refractivity contribution < 1.29 is 14.3 Å². The van der Waals surface area contributed by atoms with Crippen LogP contribution in [0.5, 0.6) is 5.75 Å². The third-order valence-electron chi connectivity index (χ3n) is 3.61. The van der Waals surface area contributed by atoms with E-state index >= 15 is 0 Å². The van der Waals surface area contributed by atoms with E-state index in [0.29, 0.717) is 11.3 Å². The van der Waals surface area contributed by atoms with E-state index in [1.165, 1.54) is 0 Å². The maximum Gasteiger partial charge on any atom is 0.266 e. The van der Waals surface area contributed by atoms with Gasteiger partial charge in [-0.1, -0.05) is 46.3 Å². The highest BCUT2D eigenvalue weighted by molar-refractivity contribution is 9.10. The number of ether oxygens (including phenoxy) is 1. The van der Waals surface area contributed by atoms with E-state index in [9.17, 15) is 9.59 Å². The Morgan fingerprint density at radius 3 is 2.61 bits per heavy atom. The zero-order chi connectivity index (χ0) is 16.2. The molecule has 1 saturated carbocycles. The Hall–Kier alpha value is -2.14. The van der Waals surface area contributed by atoms with E-state index in [-0.39, 0.29) is 11.9 Å². The fourth-order valence-electron chi connectivity index (χ4n) is 2.25. The summed E-state index contributed by atoms with van der Waals surface area (Å²) in [7, 11) is 0. The average molecular weight is 374 g/mol. The lowest BCUT2D eigenvalue weighted by Gasteiger charge is -2.20. The predicted octanol–water partition coefficient (Wildman–Crippen LogP) is 3.66. The van der Waals surface area contributed by atoms with Gasteiger partial charge in [0.1, 0.15) is 5.75 Å². The maximum atomic E-state index is 12.5. The van der Waals surface area contributed by atoms with Crippen LogP contribution in [0.1, 0.15) is 34.9 Å². The van der Waals surface area contributed by atoms with Gasteiger partial charge in [0, 0.05) is 16.1 Å². The number of rotatable bonds is 6. The summed E-state index contributed by atoms with van der Waals surface area (Å²) in [4.78, 5) is 23.8. The number of halogens is 1. The molecule has 0 aromatic heterocycles. The lowest BCUT2D eigenvalue weighted by atomic mass is 10.1. The molecule has 0 saturated heterocycles. The van der Waals surface area contributed by atoms with E-state index in [4.69, 9.17) is 4.74 Å². The molecule has 1 aliphatic rings. The van der Waals surface area contributed by atoms with Crippen LogP contribution in [0.3, 0.4) is 0 Å². The Balaban J connectivity index is 1.89. The summed E-state index contributed by atoms with van der Waals surface area (Å²) >= 11 is 3.32. The summed E-state index contributed by atoms with van der Waals surface area (Å²) in [5.74, 6) is 0.210. The fraction of sp³-hybridized carbons (Fsp3) is 0.222. The lowest BCUT2D eigenvalue weighted by Crippen LogP contribution is -2.34. The van der Waals surface area contributed by atoms with Crippen LogP contribution < -0.4 is 10.1 Å². The van der Waals surface area contributed by atoms with Gasteiger partial charge in [0.25, 0.3) is 5.91 Å². The molecule has 0 spiro atoms. The second kappa shape index (κ2) is 6.96. The number of carbonyl (C=O) groups is 2. The summed E-state index contributed by atoms with van der Waals surface area (Å²) in [5, 5.41) is 2.96. The molecular formula is C18H16BrNO3. The summed E-state index contributed by atoms with van der Waals surface area (Å²) < 4.78 is 6.69. The Morgan fingerprint density at radius 1 is 1.22 bits per heavy atom.